The van der Waals surface area contributed by atoms with Gasteiger partial charge in [0.05, 0.1) is 19.8 Å². The summed E-state index contributed by atoms with van der Waals surface area (Å²) < 4.78 is 5.43. The summed E-state index contributed by atoms with van der Waals surface area (Å²) in [5.74, 6) is 1.35. The smallest absolute Gasteiger partial charge is 0.191 e. The Kier molecular flexibility index (Phi) is 8.22. The predicted molar refractivity (Wildman–Crippen MR) is 105 cm³/mol. The van der Waals surface area contributed by atoms with E-state index in [0.29, 0.717) is 12.0 Å². The number of aliphatic imine (C=N–C) groups is 1. The minimum Gasteiger partial charge on any atom is -0.379 e. The van der Waals surface area contributed by atoms with Gasteiger partial charge in [-0.2, -0.15) is 0 Å². The summed E-state index contributed by atoms with van der Waals surface area (Å²) in [7, 11) is 0. The van der Waals surface area contributed by atoms with Crippen molar-refractivity contribution in [1.82, 2.24) is 15.5 Å². The van der Waals surface area contributed by atoms with E-state index in [1.165, 1.54) is 11.1 Å². The second-order valence-electron chi connectivity index (χ2n) is 6.91. The number of aryl methyl sites for hydroxylation is 1. The molecule has 0 amide bonds. The minimum atomic E-state index is 0.439. The molecule has 5 nitrogen and oxygen atoms in total. The first kappa shape index (κ1) is 19.7. The van der Waals surface area contributed by atoms with Crippen molar-refractivity contribution in [2.45, 2.75) is 39.7 Å². The molecule has 140 valence electrons. The van der Waals surface area contributed by atoms with Gasteiger partial charge in [0.1, 0.15) is 0 Å². The quantitative estimate of drug-likeness (QED) is 0.588. The fourth-order valence-electron chi connectivity index (χ4n) is 2.96. The van der Waals surface area contributed by atoms with Crippen LogP contribution in [0.5, 0.6) is 0 Å². The lowest BCUT2D eigenvalue weighted by Gasteiger charge is -2.31. The number of benzene rings is 1. The van der Waals surface area contributed by atoms with Crippen LogP contribution in [0.2, 0.25) is 0 Å². The molecular formula is C20H34N4O. The maximum Gasteiger partial charge on any atom is 0.191 e. The zero-order valence-corrected chi connectivity index (χ0v) is 16.2. The number of nitrogens with one attached hydrogen (secondary N) is 2. The van der Waals surface area contributed by atoms with Crippen LogP contribution < -0.4 is 10.6 Å². The van der Waals surface area contributed by atoms with Crippen LogP contribution in [0.3, 0.4) is 0 Å². The van der Waals surface area contributed by atoms with E-state index in [0.717, 1.165) is 51.9 Å². The molecule has 0 aromatic heterocycles. The Labute approximate surface area is 152 Å². The van der Waals surface area contributed by atoms with Crippen molar-refractivity contribution >= 4 is 5.96 Å². The highest BCUT2D eigenvalue weighted by Crippen LogP contribution is 2.14. The minimum absolute atomic E-state index is 0.439. The molecule has 1 aliphatic rings. The van der Waals surface area contributed by atoms with Gasteiger partial charge >= 0.3 is 0 Å². The van der Waals surface area contributed by atoms with Crippen LogP contribution in [0, 0.1) is 6.92 Å². The Bertz CT molecular complexity index is 523. The fraction of sp³-hybridized carbons (Fsp3) is 0.650. The summed E-state index contributed by atoms with van der Waals surface area (Å²) in [5.41, 5.74) is 2.66. The second-order valence-corrected chi connectivity index (χ2v) is 6.91. The Morgan fingerprint density at radius 2 is 1.84 bits per heavy atom. The van der Waals surface area contributed by atoms with E-state index in [9.17, 15) is 0 Å². The molecule has 5 heteroatoms. The molecule has 1 aromatic carbocycles. The molecule has 0 radical (unpaired) electrons. The van der Waals surface area contributed by atoms with Crippen molar-refractivity contribution in [3.8, 4) is 0 Å². The van der Waals surface area contributed by atoms with Crippen LogP contribution in [-0.4, -0.2) is 62.8 Å². The number of rotatable bonds is 7. The first-order valence-electron chi connectivity index (χ1n) is 9.50. The number of hydrogen-bond acceptors (Lipinski definition) is 3. The van der Waals surface area contributed by atoms with Gasteiger partial charge in [-0.3, -0.25) is 9.89 Å². The molecule has 2 N–H and O–H groups in total. The summed E-state index contributed by atoms with van der Waals surface area (Å²) in [4.78, 5) is 7.23. The van der Waals surface area contributed by atoms with Crippen molar-refractivity contribution in [1.29, 1.82) is 0 Å². The summed E-state index contributed by atoms with van der Waals surface area (Å²) >= 11 is 0. The van der Waals surface area contributed by atoms with Crippen molar-refractivity contribution in [3.05, 3.63) is 35.4 Å². The third-order valence-electron chi connectivity index (χ3n) is 4.75. The van der Waals surface area contributed by atoms with Crippen molar-refractivity contribution in [2.75, 3.05) is 45.9 Å². The normalized spacial score (nSPS) is 18.6. The number of ether oxygens (including phenoxy) is 1. The van der Waals surface area contributed by atoms with Gasteiger partial charge in [-0.1, -0.05) is 36.8 Å². The largest absolute Gasteiger partial charge is 0.379 e. The molecule has 0 saturated carbocycles. The summed E-state index contributed by atoms with van der Waals surface area (Å²) in [6.45, 7) is 14.9. The molecule has 0 aliphatic carbocycles. The van der Waals surface area contributed by atoms with Gasteiger partial charge in [0.2, 0.25) is 0 Å². The lowest BCUT2D eigenvalue weighted by Crippen LogP contribution is -2.44. The number of guanidine groups is 1. The molecule has 0 bridgehead atoms. The van der Waals surface area contributed by atoms with Gasteiger partial charge in [-0.05, 0) is 32.3 Å². The first-order chi connectivity index (χ1) is 12.1. The van der Waals surface area contributed by atoms with Crippen LogP contribution in [0.1, 0.15) is 37.8 Å². The first-order valence-corrected chi connectivity index (χ1v) is 9.50. The number of nitrogens with zero attached hydrogens (tertiary/aromatic N) is 2. The van der Waals surface area contributed by atoms with Gasteiger partial charge in [-0.25, -0.2) is 0 Å². The van der Waals surface area contributed by atoms with Gasteiger partial charge < -0.3 is 15.4 Å². The van der Waals surface area contributed by atoms with Crippen LogP contribution in [0.4, 0.5) is 0 Å². The SMILES string of the molecule is CCNC(=NCC(C)N1CCOCC1)NCC(C)c1ccc(C)cc1. The molecule has 25 heavy (non-hydrogen) atoms. The molecule has 1 fully saturated rings. The third-order valence-corrected chi connectivity index (χ3v) is 4.75. The lowest BCUT2D eigenvalue weighted by atomic mass is 10.0. The van der Waals surface area contributed by atoms with E-state index in [1.807, 2.05) is 0 Å². The Balaban J connectivity index is 1.85. The Hall–Kier alpha value is -1.59. The van der Waals surface area contributed by atoms with Gasteiger partial charge in [0.15, 0.2) is 5.96 Å². The third kappa shape index (κ3) is 6.67. The van der Waals surface area contributed by atoms with Crippen LogP contribution in [-0.2, 0) is 4.74 Å². The average molecular weight is 347 g/mol. The maximum atomic E-state index is 5.43. The molecule has 1 saturated heterocycles. The topological polar surface area (TPSA) is 48.9 Å². The van der Waals surface area contributed by atoms with Gasteiger partial charge in [-0.15, -0.1) is 0 Å². The van der Waals surface area contributed by atoms with E-state index < -0.39 is 0 Å². The van der Waals surface area contributed by atoms with E-state index in [1.54, 1.807) is 0 Å². The summed E-state index contributed by atoms with van der Waals surface area (Å²) in [5, 5.41) is 6.84. The molecule has 2 rings (SSSR count). The summed E-state index contributed by atoms with van der Waals surface area (Å²) in [6, 6.07) is 9.22. The van der Waals surface area contributed by atoms with Crippen LogP contribution in [0.15, 0.2) is 29.3 Å². The zero-order valence-electron chi connectivity index (χ0n) is 16.2. The van der Waals surface area contributed by atoms with Crippen molar-refractivity contribution in [2.24, 2.45) is 4.99 Å². The molecule has 0 spiro atoms. The van der Waals surface area contributed by atoms with Gasteiger partial charge in [0.25, 0.3) is 0 Å². The Morgan fingerprint density at radius 1 is 1.16 bits per heavy atom. The van der Waals surface area contributed by atoms with E-state index in [4.69, 9.17) is 9.73 Å². The average Bonchev–Trinajstić information content (AvgIpc) is 2.64. The van der Waals surface area contributed by atoms with E-state index in [2.05, 4.69) is 67.5 Å². The molecule has 1 aromatic rings. The van der Waals surface area contributed by atoms with E-state index in [-0.39, 0.29) is 0 Å². The maximum absolute atomic E-state index is 5.43. The number of hydrogen-bond donors (Lipinski definition) is 2. The fourth-order valence-corrected chi connectivity index (χ4v) is 2.96. The number of morpholine rings is 1. The standard InChI is InChI=1S/C20H34N4O/c1-5-21-20(23-15-18(4)24-10-12-25-13-11-24)22-14-17(3)19-8-6-16(2)7-9-19/h6-9,17-18H,5,10-15H2,1-4H3,(H2,21,22,23). The highest BCUT2D eigenvalue weighted by atomic mass is 16.5. The lowest BCUT2D eigenvalue weighted by molar-refractivity contribution is 0.0220. The zero-order chi connectivity index (χ0) is 18.1. The highest BCUT2D eigenvalue weighted by Gasteiger charge is 2.16. The summed E-state index contributed by atoms with van der Waals surface area (Å²) in [6.07, 6.45) is 0. The highest BCUT2D eigenvalue weighted by molar-refractivity contribution is 5.79. The van der Waals surface area contributed by atoms with Crippen molar-refractivity contribution in [3.63, 3.8) is 0 Å². The monoisotopic (exact) mass is 346 g/mol. The predicted octanol–water partition coefficient (Wildman–Crippen LogP) is 2.37. The second kappa shape index (κ2) is 10.4. The molecule has 1 aliphatic heterocycles. The molecule has 1 heterocycles. The molecule has 2 unspecified atom stereocenters. The van der Waals surface area contributed by atoms with Crippen molar-refractivity contribution < 1.29 is 4.74 Å². The van der Waals surface area contributed by atoms with Crippen LogP contribution >= 0.6 is 0 Å². The molecular weight excluding hydrogens is 312 g/mol. The van der Waals surface area contributed by atoms with Gasteiger partial charge in [0, 0.05) is 32.2 Å². The Morgan fingerprint density at radius 3 is 2.48 bits per heavy atom. The van der Waals surface area contributed by atoms with Crippen LogP contribution in [0.25, 0.3) is 0 Å². The molecule has 2 atom stereocenters. The van der Waals surface area contributed by atoms with E-state index >= 15 is 0 Å².